The van der Waals surface area contributed by atoms with Crippen LogP contribution in [0.25, 0.3) is 10.2 Å². The highest BCUT2D eigenvalue weighted by Crippen LogP contribution is 2.55. The summed E-state index contributed by atoms with van der Waals surface area (Å²) in [4.78, 5) is 7.13. The number of aromatic nitrogens is 1. The van der Waals surface area contributed by atoms with E-state index in [4.69, 9.17) is 9.72 Å². The Balaban J connectivity index is 1.40. The highest BCUT2D eigenvalue weighted by atomic mass is 32.2. The van der Waals surface area contributed by atoms with Crippen molar-refractivity contribution in [1.82, 2.24) is 9.71 Å². The second-order valence-corrected chi connectivity index (χ2v) is 10.3. The molecule has 3 aliphatic heterocycles. The number of hydrogen-bond donors (Lipinski definition) is 1. The van der Waals surface area contributed by atoms with Gasteiger partial charge >= 0.3 is 0 Å². The van der Waals surface area contributed by atoms with Gasteiger partial charge < -0.3 is 9.64 Å². The molecule has 0 radical (unpaired) electrons. The van der Waals surface area contributed by atoms with Gasteiger partial charge in [-0.05, 0) is 25.0 Å². The molecule has 8 heteroatoms. The first-order chi connectivity index (χ1) is 11.9. The number of nitrogens with one attached hydrogen (secondary N) is 1. The molecule has 2 aromatic rings. The number of para-hydroxylation sites is 1. The Bertz CT molecular complexity index is 895. The van der Waals surface area contributed by atoms with Crippen molar-refractivity contribution in [2.24, 2.45) is 11.8 Å². The lowest BCUT2D eigenvalue weighted by molar-refractivity contribution is 0.0142. The fourth-order valence-corrected chi connectivity index (χ4v) is 6.32. The summed E-state index contributed by atoms with van der Waals surface area (Å²) in [6.07, 6.45) is 3.51. The lowest BCUT2D eigenvalue weighted by atomic mass is 9.74. The number of nitrogens with zero attached hydrogens (tertiary/aromatic N) is 2. The molecule has 4 heterocycles. The molecule has 25 heavy (non-hydrogen) atoms. The second-order valence-electron chi connectivity index (χ2n) is 7.50. The van der Waals surface area contributed by atoms with Gasteiger partial charge in [-0.2, -0.15) is 0 Å². The Morgan fingerprint density at radius 1 is 1.44 bits per heavy atom. The zero-order chi connectivity index (χ0) is 17.2. The molecule has 134 valence electrons. The van der Waals surface area contributed by atoms with Crippen LogP contribution in [0, 0.1) is 11.8 Å². The van der Waals surface area contributed by atoms with Gasteiger partial charge in [-0.1, -0.05) is 23.5 Å². The zero-order valence-electron chi connectivity index (χ0n) is 14.0. The van der Waals surface area contributed by atoms with Crippen molar-refractivity contribution >= 4 is 36.7 Å². The van der Waals surface area contributed by atoms with Crippen LogP contribution >= 0.6 is 11.3 Å². The van der Waals surface area contributed by atoms with Crippen molar-refractivity contribution in [3.05, 3.63) is 24.3 Å². The van der Waals surface area contributed by atoms with E-state index in [1.165, 1.54) is 11.0 Å². The van der Waals surface area contributed by atoms with Gasteiger partial charge in [0.1, 0.15) is 0 Å². The molecule has 1 aromatic carbocycles. The third-order valence-electron chi connectivity index (χ3n) is 5.92. The van der Waals surface area contributed by atoms with Crippen LogP contribution in [0.1, 0.15) is 12.8 Å². The number of anilines is 1. The highest BCUT2D eigenvalue weighted by molar-refractivity contribution is 7.88. The number of ether oxygens (including phenoxy) is 1. The molecule has 2 bridgehead atoms. The summed E-state index contributed by atoms with van der Waals surface area (Å²) in [5, 5.41) is 1.05. The first kappa shape index (κ1) is 16.0. The predicted molar refractivity (Wildman–Crippen MR) is 98.5 cm³/mol. The van der Waals surface area contributed by atoms with Gasteiger partial charge in [0.15, 0.2) is 5.13 Å². The molecule has 0 saturated carbocycles. The Morgan fingerprint density at radius 2 is 2.28 bits per heavy atom. The summed E-state index contributed by atoms with van der Waals surface area (Å²) in [5.74, 6) is 0.621. The predicted octanol–water partition coefficient (Wildman–Crippen LogP) is 1.83. The van der Waals surface area contributed by atoms with Crippen LogP contribution in [0.4, 0.5) is 5.13 Å². The molecule has 1 spiro atoms. The first-order valence-electron chi connectivity index (χ1n) is 8.67. The molecule has 0 unspecified atom stereocenters. The molecule has 1 aromatic heterocycles. The summed E-state index contributed by atoms with van der Waals surface area (Å²) >= 11 is 1.72. The first-order valence-corrected chi connectivity index (χ1v) is 11.4. The van der Waals surface area contributed by atoms with E-state index >= 15 is 0 Å². The van der Waals surface area contributed by atoms with Crippen LogP contribution in [0.15, 0.2) is 24.3 Å². The molecule has 3 fully saturated rings. The number of thiazole rings is 1. The van der Waals surface area contributed by atoms with E-state index in [0.717, 1.165) is 36.6 Å². The topological polar surface area (TPSA) is 71.5 Å². The summed E-state index contributed by atoms with van der Waals surface area (Å²) < 4.78 is 33.3. The molecule has 3 saturated heterocycles. The summed E-state index contributed by atoms with van der Waals surface area (Å²) in [5.41, 5.74) is 0.921. The average Bonchev–Trinajstić information content (AvgIpc) is 3.29. The van der Waals surface area contributed by atoms with Crippen LogP contribution in [0.2, 0.25) is 0 Å². The summed E-state index contributed by atoms with van der Waals surface area (Å²) in [7, 11) is -3.17. The number of hydrogen-bond acceptors (Lipinski definition) is 6. The quantitative estimate of drug-likeness (QED) is 0.878. The molecule has 3 aliphatic rings. The fraction of sp³-hybridized carbons (Fsp3) is 0.588. The minimum atomic E-state index is -3.17. The van der Waals surface area contributed by atoms with Gasteiger partial charge in [0, 0.05) is 31.5 Å². The lowest BCUT2D eigenvalue weighted by Crippen LogP contribution is -2.41. The molecular formula is C17H21N3O3S2. The van der Waals surface area contributed by atoms with E-state index in [0.29, 0.717) is 12.5 Å². The van der Waals surface area contributed by atoms with E-state index in [1.807, 2.05) is 18.2 Å². The number of rotatable bonds is 4. The Kier molecular flexibility index (Phi) is 3.45. The van der Waals surface area contributed by atoms with Crippen LogP contribution in [-0.4, -0.2) is 51.0 Å². The van der Waals surface area contributed by atoms with Crippen LogP contribution in [-0.2, 0) is 14.8 Å². The lowest BCUT2D eigenvalue weighted by Gasteiger charge is -2.29. The third kappa shape index (κ3) is 2.58. The van der Waals surface area contributed by atoms with Crippen molar-refractivity contribution in [2.75, 3.05) is 30.8 Å². The van der Waals surface area contributed by atoms with Crippen molar-refractivity contribution in [2.45, 2.75) is 24.5 Å². The van der Waals surface area contributed by atoms with Crippen LogP contribution in [0.3, 0.4) is 0 Å². The van der Waals surface area contributed by atoms with Crippen molar-refractivity contribution in [3.63, 3.8) is 0 Å². The monoisotopic (exact) mass is 379 g/mol. The average molecular weight is 380 g/mol. The van der Waals surface area contributed by atoms with E-state index in [1.54, 1.807) is 11.3 Å². The Hall–Kier alpha value is -1.22. The van der Waals surface area contributed by atoms with E-state index in [2.05, 4.69) is 15.7 Å². The van der Waals surface area contributed by atoms with Gasteiger partial charge in [-0.3, -0.25) is 0 Å². The van der Waals surface area contributed by atoms with Crippen molar-refractivity contribution in [1.29, 1.82) is 0 Å². The summed E-state index contributed by atoms with van der Waals surface area (Å²) in [6, 6.07) is 8.21. The van der Waals surface area contributed by atoms with Crippen molar-refractivity contribution < 1.29 is 13.2 Å². The van der Waals surface area contributed by atoms with Gasteiger partial charge in [-0.15, -0.1) is 0 Å². The van der Waals surface area contributed by atoms with Gasteiger partial charge in [0.25, 0.3) is 0 Å². The largest absolute Gasteiger partial charge is 0.369 e. The van der Waals surface area contributed by atoms with Crippen LogP contribution in [0.5, 0.6) is 0 Å². The van der Waals surface area contributed by atoms with Crippen LogP contribution < -0.4 is 9.62 Å². The third-order valence-corrected chi connectivity index (χ3v) is 7.71. The smallest absolute Gasteiger partial charge is 0.208 e. The normalized spacial score (nSPS) is 34.1. The molecule has 5 rings (SSSR count). The molecule has 4 atom stereocenters. The van der Waals surface area contributed by atoms with E-state index < -0.39 is 10.0 Å². The minimum Gasteiger partial charge on any atom is -0.369 e. The number of benzene rings is 1. The molecule has 1 N–H and O–H groups in total. The van der Waals surface area contributed by atoms with Gasteiger partial charge in [0.2, 0.25) is 10.0 Å². The standard InChI is InChI=1S/C17H21N3O3S2/c1-25(21,22)18-8-11-12-9-20(10-17(12)7-6-14(11)23-17)16-19-13-4-2-3-5-15(13)24-16/h2-5,11-12,14,18H,6-10H2,1H3/t11-,12+,14+,17+/m0/s1. The molecule has 0 amide bonds. The SMILES string of the molecule is CS(=O)(=O)NC[C@H]1[C@H]2CN(c3nc4ccccc4s3)C[C@]23CC[C@H]1O3. The Labute approximate surface area is 151 Å². The van der Waals surface area contributed by atoms with E-state index in [-0.39, 0.29) is 17.6 Å². The number of fused-ring (bicyclic) bond motifs is 2. The molecule has 0 aliphatic carbocycles. The maximum atomic E-state index is 11.5. The molecular weight excluding hydrogens is 358 g/mol. The minimum absolute atomic E-state index is 0.119. The summed E-state index contributed by atoms with van der Waals surface area (Å²) in [6.45, 7) is 2.24. The zero-order valence-corrected chi connectivity index (χ0v) is 15.6. The number of sulfonamides is 1. The highest BCUT2D eigenvalue weighted by Gasteiger charge is 2.63. The van der Waals surface area contributed by atoms with Gasteiger partial charge in [-0.25, -0.2) is 18.1 Å². The van der Waals surface area contributed by atoms with Crippen molar-refractivity contribution in [3.8, 4) is 0 Å². The second kappa shape index (κ2) is 5.39. The van der Waals surface area contributed by atoms with E-state index in [9.17, 15) is 8.42 Å². The van der Waals surface area contributed by atoms with Gasteiger partial charge in [0.05, 0.1) is 28.2 Å². The fourth-order valence-electron chi connectivity index (χ4n) is 4.85. The maximum Gasteiger partial charge on any atom is 0.208 e. The maximum absolute atomic E-state index is 11.5. The Morgan fingerprint density at radius 3 is 3.08 bits per heavy atom. The molecule has 6 nitrogen and oxygen atoms in total.